The molecule has 0 bridgehead atoms. The molecule has 0 spiro atoms. The van der Waals surface area contributed by atoms with Crippen molar-refractivity contribution in [1.82, 2.24) is 14.7 Å². The van der Waals surface area contributed by atoms with Gasteiger partial charge in [-0.05, 0) is 32.3 Å². The fourth-order valence-electron chi connectivity index (χ4n) is 2.70. The van der Waals surface area contributed by atoms with Crippen molar-refractivity contribution in [1.29, 1.82) is 0 Å². The van der Waals surface area contributed by atoms with Crippen LogP contribution < -0.4 is 5.32 Å². The molecule has 2 amide bonds. The van der Waals surface area contributed by atoms with Crippen molar-refractivity contribution in [3.05, 3.63) is 29.0 Å². The summed E-state index contributed by atoms with van der Waals surface area (Å²) in [6.07, 6.45) is -0.411. The summed E-state index contributed by atoms with van der Waals surface area (Å²) in [6.45, 7) is 3.67. The number of halogens is 2. The zero-order chi connectivity index (χ0) is 17.7. The second kappa shape index (κ2) is 8.62. The lowest BCUT2D eigenvalue weighted by Gasteiger charge is -2.35. The highest BCUT2D eigenvalue weighted by atomic mass is 35.5. The monoisotopic (exact) mass is 358 g/mol. The molecule has 1 unspecified atom stereocenters. The molecule has 1 saturated heterocycles. The molecule has 1 aromatic rings. The minimum absolute atomic E-state index is 0.269. The standard InChI is InChI=1S/C16H24ClFN4O2/c1-20(2)10-13(23)11-21-5-7-22(8-6-21)16(24)19-15-9-12(18)3-4-14(15)17/h3-4,9,13,23H,5-8,10-11H2,1-2H3,(H,19,24). The SMILES string of the molecule is CN(C)CC(O)CN1CCN(C(=O)Nc2cc(F)ccc2Cl)CC1. The van der Waals surface area contributed by atoms with Crippen molar-refractivity contribution in [2.45, 2.75) is 6.10 Å². The summed E-state index contributed by atoms with van der Waals surface area (Å²) in [5, 5.41) is 12.9. The Hall–Kier alpha value is -1.41. The summed E-state index contributed by atoms with van der Waals surface area (Å²) in [5.41, 5.74) is 0.269. The van der Waals surface area contributed by atoms with Crippen molar-refractivity contribution in [3.63, 3.8) is 0 Å². The number of amides is 2. The van der Waals surface area contributed by atoms with Crippen LogP contribution in [0.3, 0.4) is 0 Å². The Kier molecular flexibility index (Phi) is 6.79. The number of aliphatic hydroxyl groups is 1. The van der Waals surface area contributed by atoms with Gasteiger partial charge >= 0.3 is 6.03 Å². The van der Waals surface area contributed by atoms with Gasteiger partial charge in [0.05, 0.1) is 16.8 Å². The van der Waals surface area contributed by atoms with E-state index in [0.29, 0.717) is 44.3 Å². The van der Waals surface area contributed by atoms with Crippen LogP contribution in [0.1, 0.15) is 0 Å². The van der Waals surface area contributed by atoms with Gasteiger partial charge in [0.2, 0.25) is 0 Å². The lowest BCUT2D eigenvalue weighted by molar-refractivity contribution is 0.0677. The quantitative estimate of drug-likeness (QED) is 0.838. The van der Waals surface area contributed by atoms with E-state index in [1.165, 1.54) is 18.2 Å². The molecular weight excluding hydrogens is 335 g/mol. The van der Waals surface area contributed by atoms with Gasteiger partial charge in [0, 0.05) is 39.3 Å². The average Bonchev–Trinajstić information content (AvgIpc) is 2.50. The molecule has 2 rings (SSSR count). The third-order valence-electron chi connectivity index (χ3n) is 3.87. The first-order valence-electron chi connectivity index (χ1n) is 7.91. The van der Waals surface area contributed by atoms with Crippen molar-refractivity contribution in [3.8, 4) is 0 Å². The molecule has 1 aliphatic heterocycles. The maximum Gasteiger partial charge on any atom is 0.321 e. The third kappa shape index (κ3) is 5.59. The maximum atomic E-state index is 13.2. The second-order valence-electron chi connectivity index (χ2n) is 6.26. The largest absolute Gasteiger partial charge is 0.390 e. The minimum Gasteiger partial charge on any atom is -0.390 e. The van der Waals surface area contributed by atoms with Gasteiger partial charge in [0.1, 0.15) is 5.82 Å². The Balaban J connectivity index is 1.81. The first-order valence-corrected chi connectivity index (χ1v) is 8.29. The Bertz CT molecular complexity index is 565. The Morgan fingerprint density at radius 3 is 2.67 bits per heavy atom. The van der Waals surface area contributed by atoms with Crippen molar-refractivity contribution in [2.75, 3.05) is 58.7 Å². The summed E-state index contributed by atoms with van der Waals surface area (Å²) in [6, 6.07) is 3.57. The number of β-amino-alcohol motifs (C(OH)–C–C–N with tert-alkyl or cyclic N) is 1. The zero-order valence-corrected chi connectivity index (χ0v) is 14.8. The van der Waals surface area contributed by atoms with Crippen molar-refractivity contribution >= 4 is 23.3 Å². The number of urea groups is 1. The Morgan fingerprint density at radius 2 is 2.04 bits per heavy atom. The van der Waals surface area contributed by atoms with Gasteiger partial charge in [-0.15, -0.1) is 0 Å². The Morgan fingerprint density at radius 1 is 1.38 bits per heavy atom. The highest BCUT2D eigenvalue weighted by molar-refractivity contribution is 6.33. The van der Waals surface area contributed by atoms with E-state index in [0.717, 1.165) is 0 Å². The van der Waals surface area contributed by atoms with Crippen molar-refractivity contribution < 1.29 is 14.3 Å². The van der Waals surface area contributed by atoms with Gasteiger partial charge in [-0.25, -0.2) is 9.18 Å². The van der Waals surface area contributed by atoms with Crippen LogP contribution in [0, 0.1) is 5.82 Å². The molecule has 0 aromatic heterocycles. The minimum atomic E-state index is -0.450. The number of piperazine rings is 1. The molecule has 24 heavy (non-hydrogen) atoms. The first-order chi connectivity index (χ1) is 11.3. The van der Waals surface area contributed by atoms with Crippen LogP contribution in [-0.2, 0) is 0 Å². The number of carbonyl (C=O) groups excluding carboxylic acids is 1. The van der Waals surface area contributed by atoms with E-state index in [1.54, 1.807) is 4.90 Å². The zero-order valence-electron chi connectivity index (χ0n) is 14.0. The van der Waals surface area contributed by atoms with Gasteiger partial charge in [0.15, 0.2) is 0 Å². The van der Waals surface area contributed by atoms with Crippen LogP contribution in [0.15, 0.2) is 18.2 Å². The topological polar surface area (TPSA) is 59.1 Å². The van der Waals surface area contributed by atoms with Crippen LogP contribution in [0.25, 0.3) is 0 Å². The molecule has 1 atom stereocenters. The highest BCUT2D eigenvalue weighted by Crippen LogP contribution is 2.22. The number of benzene rings is 1. The molecule has 1 heterocycles. The number of nitrogens with zero attached hydrogens (tertiary/aromatic N) is 3. The molecule has 1 aliphatic rings. The van der Waals surface area contributed by atoms with Gasteiger partial charge in [0.25, 0.3) is 0 Å². The molecule has 6 nitrogen and oxygen atoms in total. The predicted octanol–water partition coefficient (Wildman–Crippen LogP) is 1.55. The smallest absolute Gasteiger partial charge is 0.321 e. The lowest BCUT2D eigenvalue weighted by Crippen LogP contribution is -2.52. The van der Waals surface area contributed by atoms with E-state index in [-0.39, 0.29) is 11.7 Å². The van der Waals surface area contributed by atoms with Crippen LogP contribution in [0.2, 0.25) is 5.02 Å². The molecule has 0 aliphatic carbocycles. The van der Waals surface area contributed by atoms with Gasteiger partial charge in [-0.2, -0.15) is 0 Å². The number of nitrogens with one attached hydrogen (secondary N) is 1. The molecule has 1 aromatic carbocycles. The van der Waals surface area contributed by atoms with E-state index >= 15 is 0 Å². The number of rotatable bonds is 5. The Labute approximate surface area is 146 Å². The number of hydrogen-bond donors (Lipinski definition) is 2. The molecule has 0 radical (unpaired) electrons. The molecule has 0 saturated carbocycles. The first kappa shape index (κ1) is 18.9. The third-order valence-corrected chi connectivity index (χ3v) is 4.20. The number of hydrogen-bond acceptors (Lipinski definition) is 4. The van der Waals surface area contributed by atoms with E-state index < -0.39 is 11.9 Å². The molecule has 2 N–H and O–H groups in total. The normalized spacial score (nSPS) is 17.2. The van der Waals surface area contributed by atoms with E-state index in [4.69, 9.17) is 11.6 Å². The van der Waals surface area contributed by atoms with Crippen LogP contribution in [-0.4, -0.2) is 85.3 Å². The summed E-state index contributed by atoms with van der Waals surface area (Å²) in [4.78, 5) is 18.0. The second-order valence-corrected chi connectivity index (χ2v) is 6.67. The van der Waals surface area contributed by atoms with Crippen LogP contribution >= 0.6 is 11.6 Å². The number of likely N-dealkylation sites (N-methyl/N-ethyl adjacent to an activating group) is 1. The fourth-order valence-corrected chi connectivity index (χ4v) is 2.86. The van der Waals surface area contributed by atoms with E-state index in [9.17, 15) is 14.3 Å². The summed E-state index contributed by atoms with van der Waals surface area (Å²) < 4.78 is 13.2. The number of carbonyl (C=O) groups is 1. The predicted molar refractivity (Wildman–Crippen MR) is 93.0 cm³/mol. The molecular formula is C16H24ClFN4O2. The van der Waals surface area contributed by atoms with Gasteiger partial charge in [-0.1, -0.05) is 11.6 Å². The lowest BCUT2D eigenvalue weighted by atomic mass is 10.2. The fraction of sp³-hybridized carbons (Fsp3) is 0.562. The summed E-state index contributed by atoms with van der Waals surface area (Å²) in [7, 11) is 3.84. The summed E-state index contributed by atoms with van der Waals surface area (Å²) >= 11 is 5.96. The van der Waals surface area contributed by atoms with E-state index in [2.05, 4.69) is 10.2 Å². The van der Waals surface area contributed by atoms with Gasteiger partial charge < -0.3 is 20.2 Å². The maximum absolute atomic E-state index is 13.2. The van der Waals surface area contributed by atoms with E-state index in [1.807, 2.05) is 19.0 Å². The molecule has 8 heteroatoms. The molecule has 134 valence electrons. The van der Waals surface area contributed by atoms with Crippen LogP contribution in [0.5, 0.6) is 0 Å². The van der Waals surface area contributed by atoms with Crippen molar-refractivity contribution in [2.24, 2.45) is 0 Å². The summed E-state index contributed by atoms with van der Waals surface area (Å²) in [5.74, 6) is -0.450. The highest BCUT2D eigenvalue weighted by Gasteiger charge is 2.23. The number of anilines is 1. The van der Waals surface area contributed by atoms with Gasteiger partial charge in [-0.3, -0.25) is 4.90 Å². The average molecular weight is 359 g/mol. The number of aliphatic hydroxyl groups excluding tert-OH is 1. The molecule has 1 fully saturated rings. The van der Waals surface area contributed by atoms with Crippen LogP contribution in [0.4, 0.5) is 14.9 Å².